The summed E-state index contributed by atoms with van der Waals surface area (Å²) >= 11 is 1.30. The van der Waals surface area contributed by atoms with Gasteiger partial charge in [0.1, 0.15) is 17.7 Å². The number of nitrogens with one attached hydrogen (secondary N) is 1. The molecular formula is C24H30F2N2O2S. The van der Waals surface area contributed by atoms with Crippen molar-refractivity contribution in [3.63, 3.8) is 0 Å². The smallest absolute Gasteiger partial charge is 0.243 e. The zero-order chi connectivity index (χ0) is 23.0. The predicted octanol–water partition coefficient (Wildman–Crippen LogP) is 4.92. The van der Waals surface area contributed by atoms with E-state index in [2.05, 4.69) is 5.32 Å². The fraction of sp³-hybridized carbons (Fsp3) is 0.417. The van der Waals surface area contributed by atoms with Crippen molar-refractivity contribution < 1.29 is 18.4 Å². The van der Waals surface area contributed by atoms with Crippen molar-refractivity contribution in [3.8, 4) is 0 Å². The summed E-state index contributed by atoms with van der Waals surface area (Å²) in [6, 6.07) is 11.7. The molecule has 7 heteroatoms. The zero-order valence-corrected chi connectivity index (χ0v) is 19.3. The Hall–Kier alpha value is -2.41. The quantitative estimate of drug-likeness (QED) is 0.592. The van der Waals surface area contributed by atoms with Crippen LogP contribution < -0.4 is 5.32 Å². The Morgan fingerprint density at radius 3 is 2.29 bits per heavy atom. The number of thioether (sulfide) groups is 1. The van der Waals surface area contributed by atoms with Gasteiger partial charge in [-0.3, -0.25) is 9.59 Å². The molecule has 0 heterocycles. The van der Waals surface area contributed by atoms with E-state index in [0.717, 1.165) is 5.56 Å². The summed E-state index contributed by atoms with van der Waals surface area (Å²) in [6.07, 6.45) is 0.437. The van der Waals surface area contributed by atoms with Gasteiger partial charge < -0.3 is 10.2 Å². The molecule has 1 atom stereocenters. The molecule has 0 spiro atoms. The normalized spacial score (nSPS) is 12.3. The van der Waals surface area contributed by atoms with Crippen molar-refractivity contribution in [1.82, 2.24) is 10.2 Å². The van der Waals surface area contributed by atoms with E-state index >= 15 is 0 Å². The molecule has 0 radical (unpaired) electrons. The van der Waals surface area contributed by atoms with Crippen molar-refractivity contribution in [2.24, 2.45) is 0 Å². The molecule has 4 nitrogen and oxygen atoms in total. The topological polar surface area (TPSA) is 49.4 Å². The monoisotopic (exact) mass is 448 g/mol. The molecule has 2 rings (SSSR count). The third-order valence-electron chi connectivity index (χ3n) is 4.59. The van der Waals surface area contributed by atoms with Gasteiger partial charge in [-0.15, -0.1) is 11.8 Å². The largest absolute Gasteiger partial charge is 0.350 e. The zero-order valence-electron chi connectivity index (χ0n) is 18.5. The standard InChI is InChI=1S/C24H30F2N2O2S/c1-5-21(23(30)27-24(2,3)4)28(14-17-10-12-19(25)13-11-17)22(29)16-31-15-18-8-6-7-9-20(18)26/h6-13,21H,5,14-16H2,1-4H3,(H,27,30)/t21-/m1/s1. The first-order valence-electron chi connectivity index (χ1n) is 10.3. The minimum absolute atomic E-state index is 0.106. The van der Waals surface area contributed by atoms with Crippen LogP contribution in [0.3, 0.4) is 0 Å². The van der Waals surface area contributed by atoms with Gasteiger partial charge in [0.2, 0.25) is 11.8 Å². The van der Waals surface area contributed by atoms with Gasteiger partial charge in [0.15, 0.2) is 0 Å². The van der Waals surface area contributed by atoms with Crippen LogP contribution in [0.5, 0.6) is 0 Å². The van der Waals surface area contributed by atoms with Gasteiger partial charge in [0.05, 0.1) is 5.75 Å². The first kappa shape index (κ1) is 24.9. The lowest BCUT2D eigenvalue weighted by molar-refractivity contribution is -0.140. The maximum Gasteiger partial charge on any atom is 0.243 e. The summed E-state index contributed by atoms with van der Waals surface area (Å²) in [7, 11) is 0. The van der Waals surface area contributed by atoms with Crippen LogP contribution in [-0.2, 0) is 21.9 Å². The third-order valence-corrected chi connectivity index (χ3v) is 5.56. The Kier molecular flexibility index (Phi) is 9.04. The van der Waals surface area contributed by atoms with Crippen molar-refractivity contribution >= 4 is 23.6 Å². The molecule has 31 heavy (non-hydrogen) atoms. The number of nitrogens with zero attached hydrogens (tertiary/aromatic N) is 1. The molecule has 0 aliphatic heterocycles. The molecule has 0 aliphatic rings. The van der Waals surface area contributed by atoms with E-state index in [0.29, 0.717) is 17.7 Å². The number of halogens is 2. The number of carbonyl (C=O) groups excluding carboxylic acids is 2. The van der Waals surface area contributed by atoms with Crippen LogP contribution in [0.4, 0.5) is 8.78 Å². The minimum Gasteiger partial charge on any atom is -0.350 e. The molecular weight excluding hydrogens is 418 g/mol. The van der Waals surface area contributed by atoms with Gasteiger partial charge in [-0.1, -0.05) is 37.3 Å². The van der Waals surface area contributed by atoms with E-state index in [1.54, 1.807) is 30.3 Å². The Morgan fingerprint density at radius 2 is 1.71 bits per heavy atom. The van der Waals surface area contributed by atoms with E-state index in [1.807, 2.05) is 27.7 Å². The predicted molar refractivity (Wildman–Crippen MR) is 121 cm³/mol. The fourth-order valence-corrected chi connectivity index (χ4v) is 4.00. The third kappa shape index (κ3) is 7.98. The SMILES string of the molecule is CC[C@H](C(=O)NC(C)(C)C)N(Cc1ccc(F)cc1)C(=O)CSCc1ccccc1F. The average Bonchev–Trinajstić information content (AvgIpc) is 2.69. The Balaban J connectivity index is 2.16. The number of hydrogen-bond acceptors (Lipinski definition) is 3. The van der Waals surface area contributed by atoms with Crippen molar-refractivity contribution in [2.75, 3.05) is 5.75 Å². The van der Waals surface area contributed by atoms with Crippen LogP contribution in [-0.4, -0.2) is 34.0 Å². The fourth-order valence-electron chi connectivity index (χ4n) is 3.11. The van der Waals surface area contributed by atoms with Gasteiger partial charge in [-0.05, 0) is 56.5 Å². The second-order valence-electron chi connectivity index (χ2n) is 8.40. The van der Waals surface area contributed by atoms with E-state index in [4.69, 9.17) is 0 Å². The number of benzene rings is 2. The van der Waals surface area contributed by atoms with E-state index in [-0.39, 0.29) is 35.7 Å². The molecule has 2 amide bonds. The Morgan fingerprint density at radius 1 is 1.06 bits per heavy atom. The molecule has 2 aromatic carbocycles. The average molecular weight is 449 g/mol. The van der Waals surface area contributed by atoms with E-state index in [9.17, 15) is 18.4 Å². The van der Waals surface area contributed by atoms with Crippen LogP contribution in [0.15, 0.2) is 48.5 Å². The minimum atomic E-state index is -0.661. The highest BCUT2D eigenvalue weighted by Crippen LogP contribution is 2.19. The molecule has 1 N–H and O–H groups in total. The second kappa shape index (κ2) is 11.3. The molecule has 0 saturated heterocycles. The highest BCUT2D eigenvalue weighted by molar-refractivity contribution is 7.99. The molecule has 0 unspecified atom stereocenters. The first-order chi connectivity index (χ1) is 14.6. The van der Waals surface area contributed by atoms with Crippen molar-refractivity contribution in [2.45, 2.75) is 58.0 Å². The van der Waals surface area contributed by atoms with Gasteiger partial charge in [0, 0.05) is 17.8 Å². The van der Waals surface area contributed by atoms with Crippen molar-refractivity contribution in [3.05, 3.63) is 71.3 Å². The molecule has 0 fully saturated rings. The molecule has 0 aliphatic carbocycles. The van der Waals surface area contributed by atoms with Crippen LogP contribution >= 0.6 is 11.8 Å². The number of carbonyl (C=O) groups is 2. The second-order valence-corrected chi connectivity index (χ2v) is 9.38. The Labute approximate surface area is 187 Å². The van der Waals surface area contributed by atoms with Crippen LogP contribution in [0.2, 0.25) is 0 Å². The van der Waals surface area contributed by atoms with Gasteiger partial charge in [-0.2, -0.15) is 0 Å². The van der Waals surface area contributed by atoms with Crippen LogP contribution in [0.25, 0.3) is 0 Å². The molecule has 0 aromatic heterocycles. The number of amides is 2. The highest BCUT2D eigenvalue weighted by atomic mass is 32.2. The Bertz CT molecular complexity index is 882. The van der Waals surface area contributed by atoms with E-state index in [1.165, 1.54) is 34.9 Å². The molecule has 168 valence electrons. The lowest BCUT2D eigenvalue weighted by Crippen LogP contribution is -2.53. The highest BCUT2D eigenvalue weighted by Gasteiger charge is 2.30. The molecule has 2 aromatic rings. The maximum atomic E-state index is 13.8. The first-order valence-corrected chi connectivity index (χ1v) is 11.4. The van der Waals surface area contributed by atoms with Crippen LogP contribution in [0.1, 0.15) is 45.2 Å². The number of hydrogen-bond donors (Lipinski definition) is 1. The van der Waals surface area contributed by atoms with Gasteiger partial charge in [0.25, 0.3) is 0 Å². The summed E-state index contributed by atoms with van der Waals surface area (Å²) in [6.45, 7) is 7.69. The summed E-state index contributed by atoms with van der Waals surface area (Å²) in [5.74, 6) is -0.657. The number of rotatable bonds is 9. The van der Waals surface area contributed by atoms with Gasteiger partial charge in [-0.25, -0.2) is 8.78 Å². The van der Waals surface area contributed by atoms with E-state index < -0.39 is 11.6 Å². The lowest BCUT2D eigenvalue weighted by Gasteiger charge is -2.33. The summed E-state index contributed by atoms with van der Waals surface area (Å²) < 4.78 is 27.1. The molecule has 0 saturated carbocycles. The van der Waals surface area contributed by atoms with Gasteiger partial charge >= 0.3 is 0 Å². The summed E-state index contributed by atoms with van der Waals surface area (Å²) in [5, 5.41) is 2.94. The summed E-state index contributed by atoms with van der Waals surface area (Å²) in [4.78, 5) is 27.5. The summed E-state index contributed by atoms with van der Waals surface area (Å²) in [5.41, 5.74) is 0.827. The lowest BCUT2D eigenvalue weighted by atomic mass is 10.1. The van der Waals surface area contributed by atoms with Crippen LogP contribution in [0, 0.1) is 11.6 Å². The van der Waals surface area contributed by atoms with Crippen molar-refractivity contribution in [1.29, 1.82) is 0 Å². The molecule has 0 bridgehead atoms. The maximum absolute atomic E-state index is 13.8.